The minimum Gasteiger partial charge on any atom is -0.497 e. The number of benzene rings is 1. The normalized spacial score (nSPS) is 11.3. The molecule has 1 heterocycles. The third kappa shape index (κ3) is 3.15. The maximum Gasteiger partial charge on any atom is 0.268 e. The minimum atomic E-state index is -0.818. The van der Waals surface area contributed by atoms with E-state index >= 15 is 0 Å². The number of nitriles is 1. The van der Waals surface area contributed by atoms with Gasteiger partial charge in [-0.2, -0.15) is 5.26 Å². The smallest absolute Gasteiger partial charge is 0.268 e. The van der Waals surface area contributed by atoms with Crippen molar-refractivity contribution in [1.82, 2.24) is 10.3 Å². The summed E-state index contributed by atoms with van der Waals surface area (Å²) in [6, 6.07) is 9.66. The summed E-state index contributed by atoms with van der Waals surface area (Å²) in [4.78, 5) is 14.8. The van der Waals surface area contributed by atoms with Crippen LogP contribution in [0.4, 0.5) is 0 Å². The summed E-state index contributed by atoms with van der Waals surface area (Å²) in [5.74, 6) is 0.736. The van der Waals surface area contributed by atoms with E-state index in [0.717, 1.165) is 0 Å². The molecule has 0 aliphatic rings. The van der Waals surface area contributed by atoms with E-state index in [1.807, 2.05) is 0 Å². The zero-order chi connectivity index (χ0) is 15.2. The Kier molecular flexibility index (Phi) is 4.46. The number of nitrogens with one attached hydrogen (secondary N) is 2. The van der Waals surface area contributed by atoms with Crippen molar-refractivity contribution in [2.24, 2.45) is 0 Å². The van der Waals surface area contributed by atoms with Crippen LogP contribution in [0.3, 0.4) is 0 Å². The van der Waals surface area contributed by atoms with Crippen LogP contribution in [0, 0.1) is 11.3 Å². The number of hydrogen-bond acceptors (Lipinski definition) is 4. The molecule has 6 heteroatoms. The van der Waals surface area contributed by atoms with Crippen LogP contribution in [0.15, 0.2) is 36.5 Å². The van der Waals surface area contributed by atoms with Crippen molar-refractivity contribution >= 4 is 5.91 Å². The molecule has 1 atom stereocenters. The second kappa shape index (κ2) is 6.48. The van der Waals surface area contributed by atoms with Crippen LogP contribution in [0.25, 0.3) is 0 Å². The zero-order valence-corrected chi connectivity index (χ0v) is 11.7. The summed E-state index contributed by atoms with van der Waals surface area (Å²) in [5, 5.41) is 12.0. The first kappa shape index (κ1) is 14.5. The van der Waals surface area contributed by atoms with E-state index in [1.165, 1.54) is 7.11 Å². The van der Waals surface area contributed by atoms with Crippen LogP contribution in [0.1, 0.15) is 22.1 Å². The number of nitrogens with zero attached hydrogens (tertiary/aromatic N) is 1. The molecule has 0 aliphatic heterocycles. The van der Waals surface area contributed by atoms with Gasteiger partial charge in [0, 0.05) is 17.8 Å². The van der Waals surface area contributed by atoms with Crippen molar-refractivity contribution in [3.05, 3.63) is 47.8 Å². The van der Waals surface area contributed by atoms with Crippen LogP contribution in [-0.2, 0) is 0 Å². The van der Waals surface area contributed by atoms with Crippen LogP contribution >= 0.6 is 0 Å². The molecule has 1 amide bonds. The van der Waals surface area contributed by atoms with Crippen molar-refractivity contribution in [3.63, 3.8) is 0 Å². The van der Waals surface area contributed by atoms with Crippen molar-refractivity contribution in [1.29, 1.82) is 5.26 Å². The van der Waals surface area contributed by atoms with Gasteiger partial charge >= 0.3 is 0 Å². The first-order valence-corrected chi connectivity index (χ1v) is 6.25. The fourth-order valence-corrected chi connectivity index (χ4v) is 1.92. The predicted octanol–water partition coefficient (Wildman–Crippen LogP) is 2.03. The number of methoxy groups -OCH3 is 2. The second-order valence-electron chi connectivity index (χ2n) is 4.23. The summed E-state index contributed by atoms with van der Waals surface area (Å²) in [6.45, 7) is 0. The Morgan fingerprint density at radius 3 is 2.71 bits per heavy atom. The molecule has 1 aromatic heterocycles. The van der Waals surface area contributed by atoms with Gasteiger partial charge in [-0.1, -0.05) is 0 Å². The van der Waals surface area contributed by atoms with Gasteiger partial charge in [0.1, 0.15) is 23.2 Å². The average Bonchev–Trinajstić information content (AvgIpc) is 3.06. The Morgan fingerprint density at radius 2 is 2.14 bits per heavy atom. The van der Waals surface area contributed by atoms with E-state index < -0.39 is 6.04 Å². The summed E-state index contributed by atoms with van der Waals surface area (Å²) in [7, 11) is 3.04. The molecule has 108 valence electrons. The van der Waals surface area contributed by atoms with Gasteiger partial charge in [0.25, 0.3) is 5.91 Å². The monoisotopic (exact) mass is 285 g/mol. The van der Waals surface area contributed by atoms with E-state index in [1.54, 1.807) is 43.6 Å². The van der Waals surface area contributed by atoms with E-state index in [2.05, 4.69) is 16.4 Å². The average molecular weight is 285 g/mol. The molecule has 0 saturated heterocycles. The van der Waals surface area contributed by atoms with Gasteiger partial charge in [0.2, 0.25) is 0 Å². The van der Waals surface area contributed by atoms with Crippen molar-refractivity contribution in [2.45, 2.75) is 6.04 Å². The first-order valence-electron chi connectivity index (χ1n) is 6.25. The maximum atomic E-state index is 12.0. The van der Waals surface area contributed by atoms with E-state index in [0.29, 0.717) is 22.8 Å². The Hall–Kier alpha value is -2.94. The molecule has 2 rings (SSSR count). The maximum absolute atomic E-state index is 12.0. The van der Waals surface area contributed by atoms with Gasteiger partial charge in [0.05, 0.1) is 20.3 Å². The van der Waals surface area contributed by atoms with Gasteiger partial charge in [0.15, 0.2) is 0 Å². The van der Waals surface area contributed by atoms with Crippen molar-refractivity contribution in [3.8, 4) is 17.6 Å². The third-order valence-electron chi connectivity index (χ3n) is 3.00. The highest BCUT2D eigenvalue weighted by Gasteiger charge is 2.19. The zero-order valence-electron chi connectivity index (χ0n) is 11.7. The molecule has 2 N–H and O–H groups in total. The summed E-state index contributed by atoms with van der Waals surface area (Å²) < 4.78 is 10.4. The largest absolute Gasteiger partial charge is 0.497 e. The topological polar surface area (TPSA) is 87.1 Å². The summed E-state index contributed by atoms with van der Waals surface area (Å²) in [6.07, 6.45) is 1.64. The van der Waals surface area contributed by atoms with E-state index in [-0.39, 0.29) is 5.91 Å². The number of hydrogen-bond donors (Lipinski definition) is 2. The lowest BCUT2D eigenvalue weighted by Crippen LogP contribution is -2.28. The molecule has 1 unspecified atom stereocenters. The van der Waals surface area contributed by atoms with Gasteiger partial charge in [-0.3, -0.25) is 4.79 Å². The van der Waals surface area contributed by atoms with Gasteiger partial charge in [-0.15, -0.1) is 0 Å². The Labute approximate surface area is 122 Å². The minimum absolute atomic E-state index is 0.357. The number of H-pyrrole nitrogens is 1. The molecule has 0 radical (unpaired) electrons. The number of rotatable bonds is 5. The number of ether oxygens (including phenoxy) is 2. The number of amides is 1. The van der Waals surface area contributed by atoms with Crippen LogP contribution in [0.5, 0.6) is 11.5 Å². The van der Waals surface area contributed by atoms with Crippen LogP contribution < -0.4 is 14.8 Å². The molecule has 6 nitrogen and oxygen atoms in total. The lowest BCUT2D eigenvalue weighted by atomic mass is 10.1. The molecule has 2 aromatic rings. The van der Waals surface area contributed by atoms with Gasteiger partial charge in [-0.25, -0.2) is 0 Å². The summed E-state index contributed by atoms with van der Waals surface area (Å²) in [5.41, 5.74) is 0.962. The number of carbonyl (C=O) groups excluding carboxylic acids is 1. The Morgan fingerprint density at radius 1 is 1.33 bits per heavy atom. The standard InChI is InChI=1S/C15H15N3O3/c1-20-10-5-6-11(14(8-10)21-2)13(9-16)18-15(19)12-4-3-7-17-12/h3-8,13,17H,1-2H3,(H,18,19). The quantitative estimate of drug-likeness (QED) is 0.880. The predicted molar refractivity (Wildman–Crippen MR) is 76.2 cm³/mol. The molecule has 21 heavy (non-hydrogen) atoms. The SMILES string of the molecule is COc1ccc(C(C#N)NC(=O)c2ccc[nH]2)c(OC)c1. The lowest BCUT2D eigenvalue weighted by molar-refractivity contribution is 0.0940. The van der Waals surface area contributed by atoms with E-state index in [9.17, 15) is 10.1 Å². The number of aromatic amines is 1. The molecule has 0 spiro atoms. The fourth-order valence-electron chi connectivity index (χ4n) is 1.92. The molecule has 0 aliphatic carbocycles. The molecular weight excluding hydrogens is 270 g/mol. The molecule has 1 aromatic carbocycles. The van der Waals surface area contributed by atoms with Gasteiger partial charge < -0.3 is 19.8 Å². The molecule has 0 bridgehead atoms. The first-order chi connectivity index (χ1) is 10.2. The fraction of sp³-hybridized carbons (Fsp3) is 0.200. The highest BCUT2D eigenvalue weighted by atomic mass is 16.5. The second-order valence-corrected chi connectivity index (χ2v) is 4.23. The molecule has 0 saturated carbocycles. The lowest BCUT2D eigenvalue weighted by Gasteiger charge is -2.15. The Bertz CT molecular complexity index is 659. The Balaban J connectivity index is 2.25. The van der Waals surface area contributed by atoms with Crippen LogP contribution in [-0.4, -0.2) is 25.1 Å². The number of aromatic nitrogens is 1. The third-order valence-corrected chi connectivity index (χ3v) is 3.00. The summed E-state index contributed by atoms with van der Waals surface area (Å²) >= 11 is 0. The highest BCUT2D eigenvalue weighted by Crippen LogP contribution is 2.29. The highest BCUT2D eigenvalue weighted by molar-refractivity contribution is 5.92. The van der Waals surface area contributed by atoms with E-state index in [4.69, 9.17) is 9.47 Å². The van der Waals surface area contributed by atoms with Crippen molar-refractivity contribution in [2.75, 3.05) is 14.2 Å². The van der Waals surface area contributed by atoms with Crippen molar-refractivity contribution < 1.29 is 14.3 Å². The van der Waals surface area contributed by atoms with Crippen LogP contribution in [0.2, 0.25) is 0 Å². The molecular formula is C15H15N3O3. The van der Waals surface area contributed by atoms with Gasteiger partial charge in [-0.05, 0) is 24.3 Å². The molecule has 0 fully saturated rings. The number of carbonyl (C=O) groups is 1.